The van der Waals surface area contributed by atoms with Gasteiger partial charge in [0.25, 0.3) is 0 Å². The molecule has 0 radical (unpaired) electrons. The molecule has 0 saturated heterocycles. The fourth-order valence-electron chi connectivity index (χ4n) is 0.577. The van der Waals surface area contributed by atoms with Gasteiger partial charge in [0.15, 0.2) is 0 Å². The van der Waals surface area contributed by atoms with Gasteiger partial charge < -0.3 is 0 Å². The van der Waals surface area contributed by atoms with Crippen LogP contribution in [0.25, 0.3) is 0 Å². The van der Waals surface area contributed by atoms with Crippen LogP contribution in [-0.4, -0.2) is 23.2 Å². The van der Waals surface area contributed by atoms with Crippen LogP contribution in [0.4, 0.5) is 0 Å². The van der Waals surface area contributed by atoms with Crippen molar-refractivity contribution in [2.45, 2.75) is 6.92 Å². The number of halogens is 1. The monoisotopic (exact) mass is 195 g/mol. The smallest absolute Gasteiger partial charge is 0.293 e. The van der Waals surface area contributed by atoms with Crippen molar-refractivity contribution in [1.29, 1.82) is 0 Å². The molecule has 1 heterocycles. The van der Waals surface area contributed by atoms with Crippen molar-refractivity contribution in [2.24, 2.45) is 0 Å². The molecule has 0 N–H and O–H groups in total. The fourth-order valence-corrected chi connectivity index (χ4v) is 1.94. The number of pyridine rings is 1. The number of aryl methyl sites for hydroxylation is 1. The standard InChI is InChI=1S/C6H6N.BrH.Mg/c1-6-3-2-4-7-5-6;;/h2-3,5H,1H3;1H;/q;;+1/p-1. The van der Waals surface area contributed by atoms with Gasteiger partial charge in [-0.25, -0.2) is 0 Å². The van der Waals surface area contributed by atoms with Crippen LogP contribution in [0, 0.1) is 6.92 Å². The predicted octanol–water partition coefficient (Wildman–Crippen LogP) is 1.03. The first-order valence-corrected chi connectivity index (χ1v) is 7.41. The average Bonchev–Trinajstić information content (AvgIpc) is 1.90. The summed E-state index contributed by atoms with van der Waals surface area (Å²) in [5.74, 6) is 0. The van der Waals surface area contributed by atoms with E-state index in [2.05, 4.69) is 30.0 Å². The van der Waals surface area contributed by atoms with Crippen molar-refractivity contribution in [1.82, 2.24) is 4.98 Å². The Morgan fingerprint density at radius 1 is 1.56 bits per heavy atom. The molecule has 0 aliphatic heterocycles. The van der Waals surface area contributed by atoms with Gasteiger partial charge in [0, 0.05) is 6.20 Å². The Balaban J connectivity index is 2.88. The van der Waals surface area contributed by atoms with E-state index < -0.39 is 0 Å². The highest BCUT2D eigenvalue weighted by atomic mass is 79.9. The summed E-state index contributed by atoms with van der Waals surface area (Å²) < 4.78 is 1.22. The fraction of sp³-hybridized carbons (Fsp3) is 0.167. The molecule has 0 bridgehead atoms. The van der Waals surface area contributed by atoms with Crippen LogP contribution in [0.5, 0.6) is 0 Å². The Labute approximate surface area is 70.5 Å². The lowest BCUT2D eigenvalue weighted by Crippen LogP contribution is -2.11. The lowest BCUT2D eigenvalue weighted by molar-refractivity contribution is 1.31. The van der Waals surface area contributed by atoms with Gasteiger partial charge in [-0.15, -0.1) is 0 Å². The molecule has 3 heteroatoms. The zero-order valence-corrected chi connectivity index (χ0v) is 8.26. The molecule has 0 amide bonds. The molecule has 9 heavy (non-hydrogen) atoms. The van der Waals surface area contributed by atoms with Crippen LogP contribution in [0.3, 0.4) is 0 Å². The van der Waals surface area contributed by atoms with E-state index in [1.54, 1.807) is 0 Å². The third kappa shape index (κ3) is 2.24. The first kappa shape index (κ1) is 7.50. The average molecular weight is 196 g/mol. The molecular weight excluding hydrogens is 190 g/mol. The second-order valence-electron chi connectivity index (χ2n) is 1.96. The SMILES string of the molecule is Cc1cc[c]([Mg][Br])nc1. The normalized spacial score (nSPS) is 8.67. The number of rotatable bonds is 1. The van der Waals surface area contributed by atoms with Crippen LogP contribution in [0.15, 0.2) is 18.3 Å². The molecule has 44 valence electrons. The van der Waals surface area contributed by atoms with E-state index in [0.29, 0.717) is 0 Å². The van der Waals surface area contributed by atoms with Crippen LogP contribution in [0.1, 0.15) is 5.56 Å². The highest BCUT2D eigenvalue weighted by Crippen LogP contribution is 1.88. The Bertz CT molecular complexity index is 185. The third-order valence-corrected chi connectivity index (χ3v) is 3.53. The van der Waals surface area contributed by atoms with Crippen LogP contribution >= 0.6 is 12.9 Å². The van der Waals surface area contributed by atoms with Crippen molar-refractivity contribution >= 4 is 34.9 Å². The van der Waals surface area contributed by atoms with Crippen molar-refractivity contribution in [2.75, 3.05) is 0 Å². The summed E-state index contributed by atoms with van der Waals surface area (Å²) in [6.45, 7) is 2.05. The van der Waals surface area contributed by atoms with E-state index >= 15 is 0 Å². The summed E-state index contributed by atoms with van der Waals surface area (Å²) in [6.07, 6.45) is 1.91. The van der Waals surface area contributed by atoms with E-state index in [9.17, 15) is 0 Å². The molecule has 0 unspecified atom stereocenters. The zero-order valence-electron chi connectivity index (χ0n) is 5.26. The maximum Gasteiger partial charge on any atom is 0.535 e. The van der Waals surface area contributed by atoms with Crippen molar-refractivity contribution in [3.05, 3.63) is 23.9 Å². The summed E-state index contributed by atoms with van der Waals surface area (Å²) in [6, 6.07) is 4.17. The minimum absolute atomic E-state index is 0.223. The molecule has 1 aromatic rings. The summed E-state index contributed by atoms with van der Waals surface area (Å²) in [7, 11) is 0. The van der Waals surface area contributed by atoms with Crippen molar-refractivity contribution in [3.63, 3.8) is 0 Å². The van der Waals surface area contributed by atoms with E-state index in [0.717, 1.165) is 0 Å². The summed E-state index contributed by atoms with van der Waals surface area (Å²) >= 11 is 3.24. The molecule has 0 aromatic carbocycles. The maximum atomic E-state index is 4.21. The highest BCUT2D eigenvalue weighted by Gasteiger charge is 1.93. The zero-order chi connectivity index (χ0) is 6.69. The summed E-state index contributed by atoms with van der Waals surface area (Å²) in [5, 5.41) is 0. The lowest BCUT2D eigenvalue weighted by atomic mass is 10.3. The summed E-state index contributed by atoms with van der Waals surface area (Å²) in [5.41, 5.74) is 1.23. The minimum Gasteiger partial charge on any atom is -0.293 e. The first-order valence-electron chi connectivity index (χ1n) is 2.80. The van der Waals surface area contributed by atoms with E-state index in [4.69, 9.17) is 0 Å². The van der Waals surface area contributed by atoms with Crippen LogP contribution in [-0.2, 0) is 0 Å². The quantitative estimate of drug-likeness (QED) is 0.611. The van der Waals surface area contributed by atoms with Gasteiger partial charge >= 0.3 is 18.2 Å². The molecule has 0 fully saturated rings. The number of nitrogens with zero attached hydrogens (tertiary/aromatic N) is 1. The molecule has 1 aromatic heterocycles. The van der Waals surface area contributed by atoms with Gasteiger partial charge in [0.05, 0.1) is 0 Å². The Kier molecular flexibility index (Phi) is 2.95. The van der Waals surface area contributed by atoms with Crippen LogP contribution in [0.2, 0.25) is 0 Å². The Morgan fingerprint density at radius 3 is 2.78 bits per heavy atom. The van der Waals surface area contributed by atoms with Gasteiger partial charge in [-0.3, -0.25) is 17.9 Å². The predicted molar refractivity (Wildman–Crippen MR) is 43.3 cm³/mol. The number of hydrogen-bond donors (Lipinski definition) is 0. The van der Waals surface area contributed by atoms with Gasteiger partial charge in [0.2, 0.25) is 0 Å². The van der Waals surface area contributed by atoms with Gasteiger partial charge in [-0.2, -0.15) is 0 Å². The molecule has 0 saturated carbocycles. The molecule has 0 aliphatic rings. The Hall–Kier alpha value is 0.396. The number of aromatic nitrogens is 1. The van der Waals surface area contributed by atoms with Crippen LogP contribution < -0.4 is 3.82 Å². The highest BCUT2D eigenvalue weighted by molar-refractivity contribution is 9.23. The topological polar surface area (TPSA) is 12.9 Å². The molecule has 0 spiro atoms. The van der Waals surface area contributed by atoms with E-state index in [-0.39, 0.29) is 18.2 Å². The molecule has 0 atom stereocenters. The van der Waals surface area contributed by atoms with E-state index in [1.807, 2.05) is 13.1 Å². The lowest BCUT2D eigenvalue weighted by Gasteiger charge is -1.92. The Morgan fingerprint density at radius 2 is 2.33 bits per heavy atom. The molecule has 1 nitrogen and oxygen atoms in total. The molecule has 0 aliphatic carbocycles. The van der Waals surface area contributed by atoms with E-state index in [1.165, 1.54) is 9.39 Å². The van der Waals surface area contributed by atoms with Gasteiger partial charge in [0.1, 0.15) is 0 Å². The molecule has 1 rings (SSSR count). The second-order valence-corrected chi connectivity index (χ2v) is 4.63. The maximum absolute atomic E-state index is 4.21. The summed E-state index contributed by atoms with van der Waals surface area (Å²) in [4.78, 5) is 4.21. The van der Waals surface area contributed by atoms with Crippen molar-refractivity contribution < 1.29 is 0 Å². The minimum atomic E-state index is -0.223. The van der Waals surface area contributed by atoms with Gasteiger partial charge in [-0.05, 0) is 12.5 Å². The van der Waals surface area contributed by atoms with Crippen molar-refractivity contribution in [3.8, 4) is 0 Å². The second kappa shape index (κ2) is 3.54. The third-order valence-electron chi connectivity index (χ3n) is 1.11. The first-order chi connectivity index (χ1) is 4.33. The van der Waals surface area contributed by atoms with Gasteiger partial charge in [-0.1, -0.05) is 16.0 Å². The molecular formula is C6H6BrMgN. The number of hydrogen-bond acceptors (Lipinski definition) is 1. The largest absolute Gasteiger partial charge is 0.535 e.